The van der Waals surface area contributed by atoms with E-state index in [1.54, 1.807) is 12.1 Å². The van der Waals surface area contributed by atoms with E-state index in [0.717, 1.165) is 0 Å². The Bertz CT molecular complexity index is 444. The molecule has 26 heavy (non-hydrogen) atoms. The van der Waals surface area contributed by atoms with Crippen LogP contribution >= 0.6 is 69.6 Å². The molecular formula is C15H20Cl6O4Si. The van der Waals surface area contributed by atoms with Crippen molar-refractivity contribution in [3.8, 4) is 5.75 Å². The highest BCUT2D eigenvalue weighted by molar-refractivity contribution is 6.54. The minimum Gasteiger partial charge on any atom is -0.480 e. The summed E-state index contributed by atoms with van der Waals surface area (Å²) in [4.78, 5) is -1.74. The van der Waals surface area contributed by atoms with Crippen molar-refractivity contribution in [3.05, 3.63) is 30.3 Å². The maximum absolute atomic E-state index is 5.96. The molecule has 0 radical (unpaired) electrons. The second kappa shape index (κ2) is 13.9. The lowest BCUT2D eigenvalue weighted by Gasteiger charge is -2.28. The Morgan fingerprint density at radius 3 is 1.38 bits per heavy atom. The van der Waals surface area contributed by atoms with E-state index in [4.69, 9.17) is 87.3 Å². The van der Waals surface area contributed by atoms with E-state index < -0.39 is 23.6 Å². The number of benzene rings is 1. The third-order valence-electron chi connectivity index (χ3n) is 2.83. The molecule has 0 unspecified atom stereocenters. The van der Waals surface area contributed by atoms with Crippen LogP contribution in [0.1, 0.15) is 19.3 Å². The van der Waals surface area contributed by atoms with Crippen LogP contribution in [0, 0.1) is 0 Å². The van der Waals surface area contributed by atoms with Gasteiger partial charge in [0.25, 0.3) is 0 Å². The Balaban J connectivity index is 2.87. The number of rotatable bonds is 14. The molecule has 0 aromatic heterocycles. The average Bonchev–Trinajstić information content (AvgIpc) is 2.54. The van der Waals surface area contributed by atoms with Crippen molar-refractivity contribution in [2.75, 3.05) is 19.8 Å². The molecule has 0 aliphatic carbocycles. The Labute approximate surface area is 185 Å². The quantitative estimate of drug-likeness (QED) is 0.225. The van der Waals surface area contributed by atoms with Crippen molar-refractivity contribution in [2.24, 2.45) is 0 Å². The minimum absolute atomic E-state index is 0.188. The van der Waals surface area contributed by atoms with Crippen molar-refractivity contribution in [1.29, 1.82) is 0 Å². The Hall–Kier alpha value is 0.857. The van der Waals surface area contributed by atoms with Gasteiger partial charge in [0.2, 0.25) is 0 Å². The van der Waals surface area contributed by atoms with Crippen molar-refractivity contribution >= 4 is 78.7 Å². The SMILES string of the molecule is ClC(Cl)CCO[Si](OCCC(Cl)Cl)(OCCC(Cl)Cl)Oc1ccccc1. The standard InChI is InChI=1S/C15H20Cl6O4Si/c16-13(17)6-9-22-26(23-10-7-14(18)19,24-11-8-15(20)21)25-12-4-2-1-3-5-12/h1-5,13-15H,6-11H2. The predicted molar refractivity (Wildman–Crippen MR) is 111 cm³/mol. The molecule has 11 heteroatoms. The normalized spacial score (nSPS) is 12.3. The van der Waals surface area contributed by atoms with Gasteiger partial charge in [0.15, 0.2) is 0 Å². The summed E-state index contributed by atoms with van der Waals surface area (Å²) < 4.78 is 23.5. The lowest BCUT2D eigenvalue weighted by molar-refractivity contribution is -0.0000334. The largest absolute Gasteiger partial charge is 0.749 e. The maximum Gasteiger partial charge on any atom is 0.749 e. The van der Waals surface area contributed by atoms with Crippen LogP contribution in [0.3, 0.4) is 0 Å². The lowest BCUT2D eigenvalue weighted by atomic mass is 10.3. The topological polar surface area (TPSA) is 36.9 Å². The summed E-state index contributed by atoms with van der Waals surface area (Å²) in [6, 6.07) is 9.04. The van der Waals surface area contributed by atoms with Crippen LogP contribution < -0.4 is 4.43 Å². The van der Waals surface area contributed by atoms with Gasteiger partial charge in [-0.25, -0.2) is 0 Å². The molecular weight excluding hydrogens is 485 g/mol. The number of hydrogen-bond donors (Lipinski definition) is 0. The maximum atomic E-state index is 5.96. The zero-order chi connectivity index (χ0) is 19.4. The van der Waals surface area contributed by atoms with Gasteiger partial charge in [-0.15, -0.1) is 69.6 Å². The van der Waals surface area contributed by atoms with Crippen LogP contribution in [-0.2, 0) is 13.3 Å². The van der Waals surface area contributed by atoms with Gasteiger partial charge in [0.1, 0.15) is 20.3 Å². The molecule has 1 aromatic rings. The molecule has 0 aliphatic heterocycles. The van der Waals surface area contributed by atoms with Crippen molar-refractivity contribution < 1.29 is 17.7 Å². The summed E-state index contributed by atoms with van der Waals surface area (Å²) in [6.45, 7) is 0.563. The van der Waals surface area contributed by atoms with Crippen molar-refractivity contribution in [1.82, 2.24) is 0 Å². The van der Waals surface area contributed by atoms with E-state index in [-0.39, 0.29) is 19.8 Å². The van der Waals surface area contributed by atoms with Crippen LogP contribution in [0.15, 0.2) is 30.3 Å². The van der Waals surface area contributed by atoms with Gasteiger partial charge in [-0.2, -0.15) is 0 Å². The van der Waals surface area contributed by atoms with Crippen molar-refractivity contribution in [3.63, 3.8) is 0 Å². The van der Waals surface area contributed by atoms with E-state index in [2.05, 4.69) is 0 Å². The Morgan fingerprint density at radius 2 is 1.04 bits per heavy atom. The third kappa shape index (κ3) is 11.6. The van der Waals surface area contributed by atoms with Gasteiger partial charge >= 0.3 is 9.05 Å². The first-order chi connectivity index (χ1) is 12.3. The van der Waals surface area contributed by atoms with Gasteiger partial charge < -0.3 is 17.7 Å². The smallest absolute Gasteiger partial charge is 0.480 e. The zero-order valence-corrected chi connectivity index (χ0v) is 19.3. The molecule has 0 spiro atoms. The molecule has 0 aliphatic rings. The fourth-order valence-corrected chi connectivity index (χ4v) is 4.15. The highest BCUT2D eigenvalue weighted by atomic mass is 35.5. The van der Waals surface area contributed by atoms with Gasteiger partial charge in [0.05, 0.1) is 0 Å². The summed E-state index contributed by atoms with van der Waals surface area (Å²) in [7, 11) is -3.59. The molecule has 1 aromatic carbocycles. The molecule has 1 rings (SSSR count). The highest BCUT2D eigenvalue weighted by Crippen LogP contribution is 2.22. The monoisotopic (exact) mass is 502 g/mol. The molecule has 0 heterocycles. The molecule has 0 atom stereocenters. The van der Waals surface area contributed by atoms with Crippen LogP contribution in [0.4, 0.5) is 0 Å². The zero-order valence-electron chi connectivity index (χ0n) is 13.8. The molecule has 0 saturated heterocycles. The Kier molecular flexibility index (Phi) is 13.3. The summed E-state index contributed by atoms with van der Waals surface area (Å²) in [5.41, 5.74) is 0. The van der Waals surface area contributed by atoms with Crippen LogP contribution in [-0.4, -0.2) is 43.4 Å². The Morgan fingerprint density at radius 1 is 0.654 bits per heavy atom. The first kappa shape index (κ1) is 24.9. The first-order valence-electron chi connectivity index (χ1n) is 7.83. The number of hydrogen-bond acceptors (Lipinski definition) is 4. The van der Waals surface area contributed by atoms with Gasteiger partial charge in [0, 0.05) is 19.8 Å². The molecule has 0 N–H and O–H groups in total. The first-order valence-corrected chi connectivity index (χ1v) is 12.1. The summed E-state index contributed by atoms with van der Waals surface area (Å²) in [5, 5.41) is 0. The predicted octanol–water partition coefficient (Wildman–Crippen LogP) is 6.13. The van der Waals surface area contributed by atoms with Gasteiger partial charge in [-0.05, 0) is 31.4 Å². The third-order valence-corrected chi connectivity index (χ3v) is 6.30. The van der Waals surface area contributed by atoms with Crippen molar-refractivity contribution in [2.45, 2.75) is 33.8 Å². The van der Waals surface area contributed by atoms with Gasteiger partial charge in [-0.1, -0.05) is 18.2 Å². The number of para-hydroxylation sites is 1. The fraction of sp³-hybridized carbons (Fsp3) is 0.600. The van der Waals surface area contributed by atoms with E-state index in [1.807, 2.05) is 18.2 Å². The van der Waals surface area contributed by atoms with E-state index in [9.17, 15) is 0 Å². The second-order valence-electron chi connectivity index (χ2n) is 5.00. The van der Waals surface area contributed by atoms with Gasteiger partial charge in [-0.3, -0.25) is 0 Å². The molecule has 0 amide bonds. The fourth-order valence-electron chi connectivity index (χ4n) is 1.67. The minimum atomic E-state index is -3.59. The lowest BCUT2D eigenvalue weighted by Crippen LogP contribution is -2.53. The van der Waals surface area contributed by atoms with E-state index in [1.165, 1.54) is 0 Å². The number of alkyl halides is 6. The highest BCUT2D eigenvalue weighted by Gasteiger charge is 2.49. The molecule has 4 nitrogen and oxygen atoms in total. The second-order valence-corrected chi connectivity index (χ2v) is 10.9. The summed E-state index contributed by atoms with van der Waals surface area (Å²) in [6.07, 6.45) is 1.14. The summed E-state index contributed by atoms with van der Waals surface area (Å²) >= 11 is 34.6. The van der Waals surface area contributed by atoms with E-state index >= 15 is 0 Å². The molecule has 0 fully saturated rings. The molecule has 0 saturated carbocycles. The van der Waals surface area contributed by atoms with E-state index in [0.29, 0.717) is 25.0 Å². The molecule has 0 bridgehead atoms. The number of halogens is 6. The summed E-state index contributed by atoms with van der Waals surface area (Å²) in [5.74, 6) is 0.536. The van der Waals surface area contributed by atoms with Crippen LogP contribution in [0.2, 0.25) is 0 Å². The van der Waals surface area contributed by atoms with Crippen LogP contribution in [0.5, 0.6) is 5.75 Å². The molecule has 150 valence electrons. The van der Waals surface area contributed by atoms with Crippen LogP contribution in [0.25, 0.3) is 0 Å². The average molecular weight is 505 g/mol.